The molecule has 2 rings (SSSR count). The number of nitrogens with one attached hydrogen (secondary N) is 1. The lowest BCUT2D eigenvalue weighted by Crippen LogP contribution is -2.36. The lowest BCUT2D eigenvalue weighted by Gasteiger charge is -2.19. The van der Waals surface area contributed by atoms with Crippen LogP contribution in [-0.4, -0.2) is 71.3 Å². The Hall–Kier alpha value is -1.03. The van der Waals surface area contributed by atoms with E-state index in [1.54, 1.807) is 0 Å². The SMILES string of the molecule is CNc1ccn([C@@H]2O[C@H](COP(=O)(O)OP(=O)(O)OP(=O)(O)O)[C@@H](O)[C@H]2O)c(=O)n1. The minimum absolute atomic E-state index is 0.216. The predicted molar refractivity (Wildman–Crippen MR) is 93.8 cm³/mol. The average Bonchev–Trinajstić information content (AvgIpc) is 2.85. The summed E-state index contributed by atoms with van der Waals surface area (Å²) in [6.07, 6.45) is -5.21. The molecule has 6 atom stereocenters. The van der Waals surface area contributed by atoms with Gasteiger partial charge >= 0.3 is 29.2 Å². The smallest absolute Gasteiger partial charge is 0.387 e. The fourth-order valence-corrected chi connectivity index (χ4v) is 5.34. The highest BCUT2D eigenvalue weighted by molar-refractivity contribution is 7.66. The van der Waals surface area contributed by atoms with E-state index in [2.05, 4.69) is 23.4 Å². The van der Waals surface area contributed by atoms with Gasteiger partial charge in [-0.2, -0.15) is 13.6 Å². The molecule has 0 amide bonds. The van der Waals surface area contributed by atoms with Gasteiger partial charge in [0.25, 0.3) is 0 Å². The number of ether oxygens (including phenoxy) is 1. The van der Waals surface area contributed by atoms with Crippen LogP contribution >= 0.6 is 23.5 Å². The monoisotopic (exact) mass is 497 g/mol. The van der Waals surface area contributed by atoms with Crippen LogP contribution in [0.25, 0.3) is 0 Å². The maximum atomic E-state index is 12.0. The molecule has 1 aliphatic heterocycles. The van der Waals surface area contributed by atoms with Gasteiger partial charge < -0.3 is 39.8 Å². The normalized spacial score (nSPS) is 28.6. The van der Waals surface area contributed by atoms with E-state index in [1.807, 2.05) is 0 Å². The summed E-state index contributed by atoms with van der Waals surface area (Å²) in [6.45, 7) is -1.00. The predicted octanol–water partition coefficient (Wildman–Crippen LogP) is -1.75. The third kappa shape index (κ3) is 6.73. The second-order valence-corrected chi connectivity index (χ2v) is 10.1. The van der Waals surface area contributed by atoms with E-state index in [-0.39, 0.29) is 5.82 Å². The highest BCUT2D eigenvalue weighted by Gasteiger charge is 2.46. The maximum absolute atomic E-state index is 12.0. The van der Waals surface area contributed by atoms with Crippen molar-refractivity contribution in [1.82, 2.24) is 9.55 Å². The molecule has 1 fully saturated rings. The van der Waals surface area contributed by atoms with Crippen molar-refractivity contribution in [3.05, 3.63) is 22.7 Å². The van der Waals surface area contributed by atoms with Crippen molar-refractivity contribution in [3.63, 3.8) is 0 Å². The fourth-order valence-electron chi connectivity index (χ4n) is 2.31. The second kappa shape index (κ2) is 9.22. The Bertz CT molecular complexity index is 963. The van der Waals surface area contributed by atoms with Crippen LogP contribution in [0.1, 0.15) is 6.23 Å². The van der Waals surface area contributed by atoms with E-state index in [1.165, 1.54) is 19.3 Å². The molecule has 0 aliphatic carbocycles. The van der Waals surface area contributed by atoms with Crippen molar-refractivity contribution in [3.8, 4) is 0 Å². The van der Waals surface area contributed by atoms with Gasteiger partial charge in [-0.3, -0.25) is 9.09 Å². The standard InChI is InChI=1S/C10H18N3O14P3/c1-11-6-2-3-13(10(16)12-6)9-8(15)7(14)5(25-9)4-24-29(20,21)27-30(22,23)26-28(17,18)19/h2-3,5,7-9,14-15H,4H2,1H3,(H,20,21)(H,22,23)(H,11,12,16)(H2,17,18,19)/t5-,7-,8-,9-/m1/s1. The van der Waals surface area contributed by atoms with Gasteiger partial charge in [0.05, 0.1) is 6.61 Å². The molecule has 0 aromatic carbocycles. The van der Waals surface area contributed by atoms with E-state index in [4.69, 9.17) is 19.4 Å². The number of hydrogen-bond acceptors (Lipinski definition) is 12. The molecule has 2 unspecified atom stereocenters. The van der Waals surface area contributed by atoms with Crippen LogP contribution in [-0.2, 0) is 31.6 Å². The third-order valence-corrected chi connectivity index (χ3v) is 7.32. The highest BCUT2D eigenvalue weighted by Crippen LogP contribution is 2.66. The van der Waals surface area contributed by atoms with Crippen LogP contribution in [0.15, 0.2) is 17.1 Å². The second-order valence-electron chi connectivity index (χ2n) is 5.69. The molecular formula is C10H18N3O14P3. The first kappa shape index (κ1) is 25.2. The molecule has 1 aromatic rings. The van der Waals surface area contributed by atoms with Gasteiger partial charge in [-0.05, 0) is 6.07 Å². The summed E-state index contributed by atoms with van der Waals surface area (Å²) in [5.41, 5.74) is -0.855. The van der Waals surface area contributed by atoms with Gasteiger partial charge in [0, 0.05) is 13.2 Å². The highest BCUT2D eigenvalue weighted by atomic mass is 31.3. The van der Waals surface area contributed by atoms with E-state index in [0.29, 0.717) is 0 Å². The molecule has 0 bridgehead atoms. The quantitative estimate of drug-likeness (QED) is 0.187. The van der Waals surface area contributed by atoms with Gasteiger partial charge in [0.15, 0.2) is 6.23 Å². The number of aliphatic hydroxyl groups excluding tert-OH is 2. The molecule has 20 heteroatoms. The van der Waals surface area contributed by atoms with E-state index in [9.17, 15) is 33.6 Å². The minimum Gasteiger partial charge on any atom is -0.387 e. The van der Waals surface area contributed by atoms with Crippen molar-refractivity contribution >= 4 is 29.3 Å². The number of rotatable bonds is 9. The van der Waals surface area contributed by atoms with Gasteiger partial charge in [-0.25, -0.2) is 18.5 Å². The molecule has 172 valence electrons. The summed E-state index contributed by atoms with van der Waals surface area (Å²) < 4.78 is 51.0. The molecule has 1 aromatic heterocycles. The number of aromatic nitrogens is 2. The average molecular weight is 497 g/mol. The zero-order chi connectivity index (χ0) is 22.9. The largest absolute Gasteiger partial charge is 0.490 e. The Morgan fingerprint density at radius 2 is 1.77 bits per heavy atom. The topological polar surface area (TPSA) is 256 Å². The Kier molecular flexibility index (Phi) is 7.76. The summed E-state index contributed by atoms with van der Waals surface area (Å²) in [4.78, 5) is 51.0. The molecule has 7 N–H and O–H groups in total. The summed E-state index contributed by atoms with van der Waals surface area (Å²) in [6, 6.07) is 1.36. The van der Waals surface area contributed by atoms with Crippen LogP contribution in [0.3, 0.4) is 0 Å². The van der Waals surface area contributed by atoms with Crippen LogP contribution in [0.2, 0.25) is 0 Å². The van der Waals surface area contributed by atoms with E-state index < -0.39 is 60.3 Å². The number of phosphoric ester groups is 1. The van der Waals surface area contributed by atoms with Crippen LogP contribution in [0, 0.1) is 0 Å². The van der Waals surface area contributed by atoms with Gasteiger partial charge in [-0.15, -0.1) is 0 Å². The lowest BCUT2D eigenvalue weighted by molar-refractivity contribution is -0.0541. The molecule has 0 saturated carbocycles. The summed E-state index contributed by atoms with van der Waals surface area (Å²) in [7, 11) is -15.2. The molecular weight excluding hydrogens is 479 g/mol. The number of aliphatic hydroxyl groups is 2. The van der Waals surface area contributed by atoms with Crippen molar-refractivity contribution in [1.29, 1.82) is 0 Å². The van der Waals surface area contributed by atoms with Crippen molar-refractivity contribution < 1.29 is 61.4 Å². The van der Waals surface area contributed by atoms with Gasteiger partial charge in [0.2, 0.25) is 0 Å². The molecule has 1 aliphatic rings. The Morgan fingerprint density at radius 1 is 1.13 bits per heavy atom. The number of phosphoric acid groups is 3. The number of hydrogen-bond donors (Lipinski definition) is 7. The van der Waals surface area contributed by atoms with Crippen LogP contribution in [0.4, 0.5) is 5.82 Å². The Labute approximate surface area is 167 Å². The summed E-state index contributed by atoms with van der Waals surface area (Å²) in [5, 5.41) is 22.7. The lowest BCUT2D eigenvalue weighted by atomic mass is 10.1. The van der Waals surface area contributed by atoms with Gasteiger partial charge in [0.1, 0.15) is 24.1 Å². The molecule has 17 nitrogen and oxygen atoms in total. The fraction of sp³-hybridized carbons (Fsp3) is 0.600. The molecule has 0 radical (unpaired) electrons. The number of anilines is 1. The maximum Gasteiger partial charge on any atom is 0.490 e. The van der Waals surface area contributed by atoms with Crippen molar-refractivity contribution in [2.24, 2.45) is 0 Å². The molecule has 2 heterocycles. The molecule has 30 heavy (non-hydrogen) atoms. The zero-order valence-electron chi connectivity index (χ0n) is 14.9. The number of nitrogens with zero attached hydrogens (tertiary/aromatic N) is 2. The Morgan fingerprint density at radius 3 is 2.30 bits per heavy atom. The van der Waals surface area contributed by atoms with Crippen LogP contribution in [0.5, 0.6) is 0 Å². The molecule has 1 saturated heterocycles. The first-order chi connectivity index (χ1) is 13.6. The Balaban J connectivity index is 2.06. The van der Waals surface area contributed by atoms with Gasteiger partial charge in [-0.1, -0.05) is 0 Å². The van der Waals surface area contributed by atoms with E-state index >= 15 is 0 Å². The first-order valence-corrected chi connectivity index (χ1v) is 12.2. The minimum atomic E-state index is -5.71. The van der Waals surface area contributed by atoms with Crippen molar-refractivity contribution in [2.45, 2.75) is 24.5 Å². The molecule has 0 spiro atoms. The first-order valence-electron chi connectivity index (χ1n) is 7.71. The summed E-state index contributed by atoms with van der Waals surface area (Å²) >= 11 is 0. The summed E-state index contributed by atoms with van der Waals surface area (Å²) in [5.74, 6) is 0.216. The van der Waals surface area contributed by atoms with Crippen molar-refractivity contribution in [2.75, 3.05) is 19.0 Å². The van der Waals surface area contributed by atoms with E-state index in [0.717, 1.165) is 4.57 Å². The third-order valence-electron chi connectivity index (χ3n) is 3.52. The zero-order valence-corrected chi connectivity index (χ0v) is 17.5. The van der Waals surface area contributed by atoms with Crippen LogP contribution < -0.4 is 11.0 Å².